The fourth-order valence-corrected chi connectivity index (χ4v) is 3.54. The van der Waals surface area contributed by atoms with Crippen LogP contribution in [0.5, 0.6) is 5.75 Å². The molecule has 142 valence electrons. The molecule has 0 unspecified atom stereocenters. The van der Waals surface area contributed by atoms with Gasteiger partial charge in [-0.25, -0.2) is 10.4 Å². The molecule has 8 nitrogen and oxygen atoms in total. The van der Waals surface area contributed by atoms with Crippen molar-refractivity contribution >= 4 is 17.0 Å². The molecule has 0 fully saturated rings. The molecular formula is C19H23N5O3. The Morgan fingerprint density at radius 3 is 2.78 bits per heavy atom. The number of nitrogen functional groups attached to an aromatic ring is 1. The van der Waals surface area contributed by atoms with E-state index in [1.165, 1.54) is 4.57 Å². The summed E-state index contributed by atoms with van der Waals surface area (Å²) in [5, 5.41) is 0.586. The van der Waals surface area contributed by atoms with Gasteiger partial charge in [0.25, 0.3) is 5.56 Å². The number of benzene rings is 1. The van der Waals surface area contributed by atoms with Gasteiger partial charge in [-0.2, -0.15) is 4.98 Å². The van der Waals surface area contributed by atoms with E-state index in [0.29, 0.717) is 35.5 Å². The van der Waals surface area contributed by atoms with E-state index in [1.807, 2.05) is 0 Å². The third-order valence-corrected chi connectivity index (χ3v) is 5.34. The lowest BCUT2D eigenvalue weighted by Crippen LogP contribution is -2.35. The van der Waals surface area contributed by atoms with E-state index in [4.69, 9.17) is 15.3 Å². The summed E-state index contributed by atoms with van der Waals surface area (Å²) in [6, 6.07) is 7.18. The van der Waals surface area contributed by atoms with E-state index in [2.05, 4.69) is 29.2 Å². The van der Waals surface area contributed by atoms with Crippen molar-refractivity contribution in [3.05, 3.63) is 45.9 Å². The number of hydrazine groups is 1. The highest BCUT2D eigenvalue weighted by Gasteiger charge is 2.33. The quantitative estimate of drug-likeness (QED) is 0.481. The second kappa shape index (κ2) is 6.40. The highest BCUT2D eigenvalue weighted by molar-refractivity contribution is 5.82. The fourth-order valence-electron chi connectivity index (χ4n) is 3.54. The van der Waals surface area contributed by atoms with Crippen LogP contribution in [0.15, 0.2) is 29.1 Å². The number of aromatic amines is 1. The van der Waals surface area contributed by atoms with Gasteiger partial charge >= 0.3 is 0 Å². The van der Waals surface area contributed by atoms with Crippen LogP contribution < -0.4 is 21.6 Å². The van der Waals surface area contributed by atoms with Crippen LogP contribution in [0, 0.1) is 0 Å². The van der Waals surface area contributed by atoms with Crippen LogP contribution in [0.25, 0.3) is 16.7 Å². The van der Waals surface area contributed by atoms with Crippen molar-refractivity contribution in [2.45, 2.75) is 38.9 Å². The summed E-state index contributed by atoms with van der Waals surface area (Å²) in [6.45, 7) is 4.59. The van der Waals surface area contributed by atoms with Crippen molar-refractivity contribution in [1.29, 1.82) is 0 Å². The van der Waals surface area contributed by atoms with E-state index in [1.54, 1.807) is 31.4 Å². The van der Waals surface area contributed by atoms with Crippen molar-refractivity contribution in [3.63, 3.8) is 0 Å². The molecule has 0 saturated heterocycles. The number of methoxy groups -OCH3 is 1. The molecule has 0 saturated carbocycles. The third kappa shape index (κ3) is 2.77. The molecule has 2 aromatic heterocycles. The fraction of sp³-hybridized carbons (Fsp3) is 0.368. The summed E-state index contributed by atoms with van der Waals surface area (Å²) in [6.07, 6.45) is 1.52. The van der Waals surface area contributed by atoms with Gasteiger partial charge in [0.05, 0.1) is 30.4 Å². The number of nitrogens with two attached hydrogens (primary N) is 1. The monoisotopic (exact) mass is 369 g/mol. The number of nitrogens with one attached hydrogen (secondary N) is 2. The zero-order valence-corrected chi connectivity index (χ0v) is 15.6. The van der Waals surface area contributed by atoms with Crippen LogP contribution in [0.3, 0.4) is 0 Å². The molecule has 0 amide bonds. The van der Waals surface area contributed by atoms with E-state index < -0.39 is 0 Å². The van der Waals surface area contributed by atoms with Gasteiger partial charge in [0.1, 0.15) is 11.4 Å². The Morgan fingerprint density at radius 1 is 1.41 bits per heavy atom. The predicted molar refractivity (Wildman–Crippen MR) is 103 cm³/mol. The minimum absolute atomic E-state index is 0.170. The first-order valence-electron chi connectivity index (χ1n) is 8.91. The number of hydrogen-bond acceptors (Lipinski definition) is 6. The van der Waals surface area contributed by atoms with Crippen molar-refractivity contribution in [1.82, 2.24) is 14.5 Å². The maximum absolute atomic E-state index is 13.4. The first-order valence-corrected chi connectivity index (χ1v) is 8.91. The Morgan fingerprint density at radius 2 is 2.15 bits per heavy atom. The second-order valence-corrected chi connectivity index (χ2v) is 6.99. The van der Waals surface area contributed by atoms with Crippen molar-refractivity contribution < 1.29 is 9.47 Å². The summed E-state index contributed by atoms with van der Waals surface area (Å²) < 4.78 is 12.7. The SMILES string of the molecule is CC[C@]1(C)Cc2c([nH]c3nc(NN)n(-c4ccc(OC)cc4)c(=O)c23)CO1. The summed E-state index contributed by atoms with van der Waals surface area (Å²) in [4.78, 5) is 21.2. The Hall–Kier alpha value is -2.84. The zero-order valence-electron chi connectivity index (χ0n) is 15.6. The van der Waals surface area contributed by atoms with Crippen LogP contribution in [0.2, 0.25) is 0 Å². The van der Waals surface area contributed by atoms with Crippen LogP contribution in [-0.4, -0.2) is 27.2 Å². The minimum atomic E-state index is -0.287. The second-order valence-electron chi connectivity index (χ2n) is 6.99. The number of fused-ring (bicyclic) bond motifs is 3. The van der Waals surface area contributed by atoms with Crippen LogP contribution >= 0.6 is 0 Å². The zero-order chi connectivity index (χ0) is 19.2. The highest BCUT2D eigenvalue weighted by Crippen LogP contribution is 2.33. The molecule has 1 aliphatic rings. The Kier molecular flexibility index (Phi) is 4.16. The van der Waals surface area contributed by atoms with Gasteiger partial charge in [-0.15, -0.1) is 0 Å². The molecule has 4 N–H and O–H groups in total. The minimum Gasteiger partial charge on any atom is -0.497 e. The first-order chi connectivity index (χ1) is 13.0. The first kappa shape index (κ1) is 17.6. The Balaban J connectivity index is 1.95. The van der Waals surface area contributed by atoms with E-state index in [-0.39, 0.29) is 17.1 Å². The Labute approximate surface area is 156 Å². The number of ether oxygens (including phenoxy) is 2. The van der Waals surface area contributed by atoms with Gasteiger partial charge in [-0.1, -0.05) is 6.92 Å². The van der Waals surface area contributed by atoms with Crippen molar-refractivity contribution in [2.24, 2.45) is 5.84 Å². The molecular weight excluding hydrogens is 346 g/mol. The lowest BCUT2D eigenvalue weighted by molar-refractivity contribution is -0.0572. The topological polar surface area (TPSA) is 107 Å². The van der Waals surface area contributed by atoms with Gasteiger partial charge in [0, 0.05) is 12.1 Å². The summed E-state index contributed by atoms with van der Waals surface area (Å²) in [5.41, 5.74) is 5.13. The normalized spacial score (nSPS) is 19.1. The lowest BCUT2D eigenvalue weighted by atomic mass is 9.90. The van der Waals surface area contributed by atoms with Crippen LogP contribution in [0.4, 0.5) is 5.95 Å². The number of nitrogens with zero attached hydrogens (tertiary/aromatic N) is 2. The summed E-state index contributed by atoms with van der Waals surface area (Å²) in [7, 11) is 1.60. The van der Waals surface area contributed by atoms with Gasteiger partial charge in [-0.05, 0) is 43.2 Å². The molecule has 3 aromatic rings. The third-order valence-electron chi connectivity index (χ3n) is 5.34. The molecule has 1 atom stereocenters. The molecule has 0 aliphatic carbocycles. The van der Waals surface area contributed by atoms with Crippen molar-refractivity contribution in [2.75, 3.05) is 12.5 Å². The molecule has 1 aromatic carbocycles. The number of anilines is 1. The molecule has 4 rings (SSSR count). The molecule has 0 radical (unpaired) electrons. The number of H-pyrrole nitrogens is 1. The summed E-state index contributed by atoms with van der Waals surface area (Å²) >= 11 is 0. The van der Waals surface area contributed by atoms with Gasteiger partial charge in [0.2, 0.25) is 5.95 Å². The lowest BCUT2D eigenvalue weighted by Gasteiger charge is -2.32. The van der Waals surface area contributed by atoms with Crippen LogP contribution in [0.1, 0.15) is 31.5 Å². The molecule has 3 heterocycles. The van der Waals surface area contributed by atoms with E-state index in [9.17, 15) is 4.79 Å². The van der Waals surface area contributed by atoms with E-state index in [0.717, 1.165) is 17.7 Å². The number of aromatic nitrogens is 3. The average Bonchev–Trinajstić information content (AvgIpc) is 3.05. The van der Waals surface area contributed by atoms with Gasteiger partial charge < -0.3 is 14.5 Å². The Bertz CT molecular complexity index is 1050. The summed E-state index contributed by atoms with van der Waals surface area (Å²) in [5.74, 6) is 6.62. The maximum Gasteiger partial charge on any atom is 0.269 e. The smallest absolute Gasteiger partial charge is 0.269 e. The van der Waals surface area contributed by atoms with Gasteiger partial charge in [0.15, 0.2) is 0 Å². The molecule has 0 spiro atoms. The number of hydrogen-bond donors (Lipinski definition) is 3. The molecule has 8 heteroatoms. The largest absolute Gasteiger partial charge is 0.497 e. The van der Waals surface area contributed by atoms with Crippen molar-refractivity contribution in [3.8, 4) is 11.4 Å². The van der Waals surface area contributed by atoms with E-state index >= 15 is 0 Å². The average molecular weight is 369 g/mol. The number of rotatable bonds is 4. The van der Waals surface area contributed by atoms with Crippen LogP contribution in [-0.2, 0) is 17.8 Å². The predicted octanol–water partition coefficient (Wildman–Crippen LogP) is 2.25. The molecule has 1 aliphatic heterocycles. The molecule has 27 heavy (non-hydrogen) atoms. The molecule has 0 bridgehead atoms. The highest BCUT2D eigenvalue weighted by atomic mass is 16.5. The standard InChI is InChI=1S/C19H23N5O3/c1-4-19(2)9-13-14(10-27-19)21-16-15(13)17(25)24(18(22-16)23-20)11-5-7-12(26-3)8-6-11/h5-8,21H,4,9-10,20H2,1-3H3,(H,22,23)/t19-/m1/s1. The maximum atomic E-state index is 13.4. The van der Waals surface area contributed by atoms with Gasteiger partial charge in [-0.3, -0.25) is 10.2 Å².